The summed E-state index contributed by atoms with van der Waals surface area (Å²) < 4.78 is 10.9. The predicted molar refractivity (Wildman–Crippen MR) is 68.6 cm³/mol. The standard InChI is InChI=1S/C10H21O2P.C2H6/c1-3-12-13(9-11-2)8-10-6-4-5-7-10;1-2/h10H,3-9H2,1-2H3;1-2H3. The lowest BCUT2D eigenvalue weighted by Crippen LogP contribution is -2.04. The van der Waals surface area contributed by atoms with Gasteiger partial charge in [0.25, 0.3) is 0 Å². The summed E-state index contributed by atoms with van der Waals surface area (Å²) in [5, 5.41) is 0. The van der Waals surface area contributed by atoms with Crippen LogP contribution in [-0.4, -0.2) is 26.2 Å². The topological polar surface area (TPSA) is 18.5 Å². The maximum atomic E-state index is 5.68. The van der Waals surface area contributed by atoms with Gasteiger partial charge in [-0.1, -0.05) is 39.5 Å². The third-order valence-corrected chi connectivity index (χ3v) is 4.61. The Morgan fingerprint density at radius 1 is 1.20 bits per heavy atom. The summed E-state index contributed by atoms with van der Waals surface area (Å²) in [6, 6.07) is 0. The number of hydrogen-bond acceptors (Lipinski definition) is 2. The minimum Gasteiger partial charge on any atom is -0.378 e. The monoisotopic (exact) mass is 234 g/mol. The van der Waals surface area contributed by atoms with Gasteiger partial charge in [-0.3, -0.25) is 0 Å². The van der Waals surface area contributed by atoms with E-state index >= 15 is 0 Å². The molecular weight excluding hydrogens is 207 g/mol. The number of methoxy groups -OCH3 is 1. The summed E-state index contributed by atoms with van der Waals surface area (Å²) >= 11 is 0. The molecule has 1 fully saturated rings. The van der Waals surface area contributed by atoms with Crippen molar-refractivity contribution >= 4 is 8.15 Å². The summed E-state index contributed by atoms with van der Waals surface area (Å²) in [5.74, 6) is 0.924. The molecule has 1 aliphatic rings. The molecule has 0 saturated heterocycles. The first-order valence-electron chi connectivity index (χ1n) is 6.23. The Bertz CT molecular complexity index is 119. The summed E-state index contributed by atoms with van der Waals surface area (Å²) in [5.41, 5.74) is 0. The van der Waals surface area contributed by atoms with Crippen LogP contribution in [0, 0.1) is 5.92 Å². The Morgan fingerprint density at radius 3 is 2.27 bits per heavy atom. The van der Waals surface area contributed by atoms with Gasteiger partial charge in [-0.2, -0.15) is 0 Å². The molecule has 1 aliphatic carbocycles. The molecule has 0 aliphatic heterocycles. The highest BCUT2D eigenvalue weighted by atomic mass is 31.1. The van der Waals surface area contributed by atoms with E-state index in [2.05, 4.69) is 6.92 Å². The lowest BCUT2D eigenvalue weighted by atomic mass is 10.1. The molecule has 1 rings (SSSR count). The molecule has 0 radical (unpaired) electrons. The molecular formula is C12H27O2P. The molecule has 3 heteroatoms. The van der Waals surface area contributed by atoms with Gasteiger partial charge in [0, 0.05) is 13.7 Å². The minimum atomic E-state index is -0.294. The minimum absolute atomic E-state index is 0.294. The van der Waals surface area contributed by atoms with Gasteiger partial charge in [-0.15, -0.1) is 0 Å². The van der Waals surface area contributed by atoms with Crippen LogP contribution in [0.4, 0.5) is 0 Å². The third-order valence-electron chi connectivity index (χ3n) is 2.52. The summed E-state index contributed by atoms with van der Waals surface area (Å²) in [6.07, 6.45) is 7.75. The van der Waals surface area contributed by atoms with Gasteiger partial charge in [-0.25, -0.2) is 0 Å². The molecule has 2 nitrogen and oxygen atoms in total. The second-order valence-electron chi connectivity index (χ2n) is 3.65. The van der Waals surface area contributed by atoms with Crippen LogP contribution in [0.2, 0.25) is 0 Å². The zero-order valence-electron chi connectivity index (χ0n) is 10.8. The van der Waals surface area contributed by atoms with Crippen LogP contribution in [0.3, 0.4) is 0 Å². The Hall–Kier alpha value is 0.350. The molecule has 0 spiro atoms. The van der Waals surface area contributed by atoms with Crippen molar-refractivity contribution in [1.82, 2.24) is 0 Å². The van der Waals surface area contributed by atoms with Crippen molar-refractivity contribution < 1.29 is 9.26 Å². The van der Waals surface area contributed by atoms with Gasteiger partial charge < -0.3 is 9.26 Å². The lowest BCUT2D eigenvalue weighted by Gasteiger charge is -2.19. The third kappa shape index (κ3) is 7.27. The van der Waals surface area contributed by atoms with Gasteiger partial charge in [0.15, 0.2) is 0 Å². The van der Waals surface area contributed by atoms with Gasteiger partial charge >= 0.3 is 0 Å². The van der Waals surface area contributed by atoms with Crippen molar-refractivity contribution in [3.63, 3.8) is 0 Å². The first-order chi connectivity index (χ1) is 7.36. The van der Waals surface area contributed by atoms with E-state index in [0.717, 1.165) is 18.9 Å². The van der Waals surface area contributed by atoms with E-state index in [1.807, 2.05) is 13.8 Å². The van der Waals surface area contributed by atoms with E-state index in [4.69, 9.17) is 9.26 Å². The normalized spacial score (nSPS) is 18.4. The van der Waals surface area contributed by atoms with E-state index in [9.17, 15) is 0 Å². The Morgan fingerprint density at radius 2 is 1.80 bits per heavy atom. The largest absolute Gasteiger partial charge is 0.378 e. The highest BCUT2D eigenvalue weighted by molar-refractivity contribution is 7.52. The molecule has 1 atom stereocenters. The molecule has 0 heterocycles. The number of hydrogen-bond donors (Lipinski definition) is 0. The molecule has 0 aromatic rings. The number of rotatable bonds is 6. The Labute approximate surface area is 96.6 Å². The molecule has 15 heavy (non-hydrogen) atoms. The van der Waals surface area contributed by atoms with Crippen LogP contribution in [0.5, 0.6) is 0 Å². The zero-order chi connectivity index (χ0) is 11.5. The van der Waals surface area contributed by atoms with Crippen LogP contribution in [0.25, 0.3) is 0 Å². The second kappa shape index (κ2) is 10.9. The first-order valence-corrected chi connectivity index (χ1v) is 7.86. The van der Waals surface area contributed by atoms with Crippen LogP contribution < -0.4 is 0 Å². The first kappa shape index (κ1) is 15.3. The van der Waals surface area contributed by atoms with Gasteiger partial charge in [0.05, 0.1) is 14.5 Å². The summed E-state index contributed by atoms with van der Waals surface area (Å²) in [4.78, 5) is 0. The fourth-order valence-corrected chi connectivity index (χ4v) is 3.83. The lowest BCUT2D eigenvalue weighted by molar-refractivity contribution is 0.237. The van der Waals surface area contributed by atoms with E-state index < -0.39 is 0 Å². The van der Waals surface area contributed by atoms with Crippen LogP contribution in [0.1, 0.15) is 46.5 Å². The van der Waals surface area contributed by atoms with Crippen LogP contribution >= 0.6 is 8.15 Å². The van der Waals surface area contributed by atoms with E-state index in [0.29, 0.717) is 0 Å². The SMILES string of the molecule is CC.CCOP(COC)CC1CCCC1. The van der Waals surface area contributed by atoms with Gasteiger partial charge in [0.1, 0.15) is 0 Å². The van der Waals surface area contributed by atoms with Crippen molar-refractivity contribution in [3.8, 4) is 0 Å². The van der Waals surface area contributed by atoms with Crippen molar-refractivity contribution in [3.05, 3.63) is 0 Å². The molecule has 0 amide bonds. The summed E-state index contributed by atoms with van der Waals surface area (Å²) in [6.45, 7) is 6.90. The average Bonchev–Trinajstić information content (AvgIpc) is 2.74. The van der Waals surface area contributed by atoms with Gasteiger partial charge in [-0.05, 0) is 19.0 Å². The Balaban J connectivity index is 0.000000921. The molecule has 0 aromatic heterocycles. The van der Waals surface area contributed by atoms with Crippen molar-refractivity contribution in [2.24, 2.45) is 5.92 Å². The average molecular weight is 234 g/mol. The maximum Gasteiger partial charge on any atom is 0.0903 e. The maximum absolute atomic E-state index is 5.68. The fraction of sp³-hybridized carbons (Fsp3) is 1.00. The second-order valence-corrected chi connectivity index (χ2v) is 5.50. The quantitative estimate of drug-likeness (QED) is 0.640. The van der Waals surface area contributed by atoms with Crippen LogP contribution in [-0.2, 0) is 9.26 Å². The molecule has 1 saturated carbocycles. The van der Waals surface area contributed by atoms with Gasteiger partial charge in [0.2, 0.25) is 0 Å². The Kier molecular flexibility index (Phi) is 11.1. The van der Waals surface area contributed by atoms with Crippen LogP contribution in [0.15, 0.2) is 0 Å². The molecule has 0 N–H and O–H groups in total. The molecule has 0 bridgehead atoms. The fourth-order valence-electron chi connectivity index (χ4n) is 1.95. The van der Waals surface area contributed by atoms with Crippen molar-refractivity contribution in [1.29, 1.82) is 0 Å². The van der Waals surface area contributed by atoms with Crippen molar-refractivity contribution in [2.45, 2.75) is 46.5 Å². The van der Waals surface area contributed by atoms with E-state index in [-0.39, 0.29) is 8.15 Å². The predicted octanol–water partition coefficient (Wildman–Crippen LogP) is 4.24. The molecule has 92 valence electrons. The van der Waals surface area contributed by atoms with E-state index in [1.54, 1.807) is 7.11 Å². The molecule has 0 aromatic carbocycles. The summed E-state index contributed by atoms with van der Waals surface area (Å²) in [7, 11) is 1.47. The zero-order valence-corrected chi connectivity index (χ0v) is 11.7. The van der Waals surface area contributed by atoms with Crippen molar-refractivity contribution in [2.75, 3.05) is 26.2 Å². The number of ether oxygens (including phenoxy) is 1. The highest BCUT2D eigenvalue weighted by Crippen LogP contribution is 2.42. The van der Waals surface area contributed by atoms with E-state index in [1.165, 1.54) is 31.8 Å². The highest BCUT2D eigenvalue weighted by Gasteiger charge is 2.20. The molecule has 1 unspecified atom stereocenters. The smallest absolute Gasteiger partial charge is 0.0903 e.